The summed E-state index contributed by atoms with van der Waals surface area (Å²) in [6.07, 6.45) is 1.84. The van der Waals surface area contributed by atoms with Crippen LogP contribution in [0.4, 0.5) is 0 Å². The third-order valence-electron chi connectivity index (χ3n) is 4.96. The Morgan fingerprint density at radius 2 is 1.58 bits per heavy atom. The Balaban J connectivity index is 1.77. The van der Waals surface area contributed by atoms with Crippen molar-refractivity contribution in [1.82, 2.24) is 14.2 Å². The van der Waals surface area contributed by atoms with Crippen LogP contribution in [-0.4, -0.2) is 59.1 Å². The van der Waals surface area contributed by atoms with Gasteiger partial charge in [-0.25, -0.2) is 0 Å². The van der Waals surface area contributed by atoms with Crippen LogP contribution in [0.25, 0.3) is 16.6 Å². The molecule has 3 aromatic rings. The van der Waals surface area contributed by atoms with Crippen molar-refractivity contribution < 1.29 is 9.59 Å². The lowest BCUT2D eigenvalue weighted by Gasteiger charge is -2.31. The van der Waals surface area contributed by atoms with Gasteiger partial charge >= 0.3 is 0 Å². The molecule has 1 saturated heterocycles. The van der Waals surface area contributed by atoms with E-state index in [-0.39, 0.29) is 0 Å². The second-order valence-electron chi connectivity index (χ2n) is 6.69. The molecule has 132 valence electrons. The highest BCUT2D eigenvalue weighted by Gasteiger charge is 2.30. The van der Waals surface area contributed by atoms with Gasteiger partial charge in [0, 0.05) is 43.5 Å². The molecule has 0 unspecified atom stereocenters. The largest absolute Gasteiger partial charge is 0.333 e. The maximum absolute atomic E-state index is 13.2. The maximum atomic E-state index is 13.2. The molecule has 0 aliphatic carbocycles. The van der Waals surface area contributed by atoms with Gasteiger partial charge in [0.1, 0.15) is 5.69 Å². The van der Waals surface area contributed by atoms with Gasteiger partial charge in [-0.15, -0.1) is 0 Å². The number of carbonyl (C=O) groups is 2. The zero-order valence-electron chi connectivity index (χ0n) is 14.8. The van der Waals surface area contributed by atoms with Crippen molar-refractivity contribution in [3.05, 3.63) is 66.5 Å². The fourth-order valence-corrected chi connectivity index (χ4v) is 3.45. The molecule has 5 heteroatoms. The summed E-state index contributed by atoms with van der Waals surface area (Å²) in [5.41, 5.74) is 3.08. The van der Waals surface area contributed by atoms with Crippen molar-refractivity contribution in [2.24, 2.45) is 0 Å². The van der Waals surface area contributed by atoms with Gasteiger partial charge in [-0.2, -0.15) is 0 Å². The Bertz CT molecular complexity index is 954. The average molecular weight is 347 g/mol. The first-order valence-corrected chi connectivity index (χ1v) is 8.83. The van der Waals surface area contributed by atoms with Crippen molar-refractivity contribution >= 4 is 17.2 Å². The van der Waals surface area contributed by atoms with Crippen LogP contribution in [0.15, 0.2) is 60.8 Å². The normalized spacial score (nSPS) is 15.3. The van der Waals surface area contributed by atoms with Crippen LogP contribution in [0, 0.1) is 0 Å². The number of fused-ring (bicyclic) bond motifs is 1. The quantitative estimate of drug-likeness (QED) is 0.540. The maximum Gasteiger partial charge on any atom is 0.296 e. The highest BCUT2D eigenvalue weighted by atomic mass is 16.2. The molecule has 3 heterocycles. The van der Waals surface area contributed by atoms with Gasteiger partial charge in [-0.05, 0) is 30.8 Å². The topological polar surface area (TPSA) is 45.0 Å². The first-order chi connectivity index (χ1) is 12.6. The number of piperazine rings is 1. The summed E-state index contributed by atoms with van der Waals surface area (Å²) in [4.78, 5) is 29.9. The summed E-state index contributed by atoms with van der Waals surface area (Å²) in [6, 6.07) is 17.5. The van der Waals surface area contributed by atoms with Gasteiger partial charge in [0.2, 0.25) is 0 Å². The number of nitrogens with zero attached hydrogens (tertiary/aromatic N) is 3. The van der Waals surface area contributed by atoms with Gasteiger partial charge in [0.25, 0.3) is 11.7 Å². The number of hydrogen-bond acceptors (Lipinski definition) is 3. The number of hydrogen-bond donors (Lipinski definition) is 0. The number of ketones is 1. The van der Waals surface area contributed by atoms with Crippen molar-refractivity contribution in [2.75, 3.05) is 33.2 Å². The van der Waals surface area contributed by atoms with Crippen LogP contribution in [0.1, 0.15) is 10.5 Å². The van der Waals surface area contributed by atoms with E-state index in [9.17, 15) is 9.59 Å². The van der Waals surface area contributed by atoms with E-state index in [2.05, 4.69) is 4.90 Å². The second kappa shape index (κ2) is 6.77. The summed E-state index contributed by atoms with van der Waals surface area (Å²) in [6.45, 7) is 2.76. The summed E-state index contributed by atoms with van der Waals surface area (Å²) < 4.78 is 1.82. The van der Waals surface area contributed by atoms with E-state index < -0.39 is 11.7 Å². The zero-order valence-corrected chi connectivity index (χ0v) is 14.8. The number of Topliss-reactive ketones (excluding diaryl/α,β-unsaturated/α-hetero) is 1. The predicted octanol–water partition coefficient (Wildman–Crippen LogP) is 2.56. The fourth-order valence-electron chi connectivity index (χ4n) is 3.45. The van der Waals surface area contributed by atoms with Crippen molar-refractivity contribution in [1.29, 1.82) is 0 Å². The number of rotatable bonds is 3. The van der Waals surface area contributed by atoms with Crippen LogP contribution < -0.4 is 0 Å². The number of aromatic nitrogens is 1. The number of likely N-dealkylation sites (N-methyl/N-ethyl adjacent to an activating group) is 1. The Morgan fingerprint density at radius 1 is 0.885 bits per heavy atom. The van der Waals surface area contributed by atoms with E-state index in [0.717, 1.165) is 29.7 Å². The van der Waals surface area contributed by atoms with E-state index in [1.807, 2.05) is 72.2 Å². The van der Waals surface area contributed by atoms with Gasteiger partial charge < -0.3 is 14.2 Å². The molecule has 1 fully saturated rings. The summed E-state index contributed by atoms with van der Waals surface area (Å²) >= 11 is 0. The van der Waals surface area contributed by atoms with E-state index in [1.54, 1.807) is 4.90 Å². The molecular weight excluding hydrogens is 326 g/mol. The highest BCUT2D eigenvalue weighted by molar-refractivity contribution is 6.43. The molecule has 0 saturated carbocycles. The van der Waals surface area contributed by atoms with Crippen LogP contribution in [0.5, 0.6) is 0 Å². The molecule has 0 bridgehead atoms. The molecule has 4 rings (SSSR count). The van der Waals surface area contributed by atoms with E-state index in [1.165, 1.54) is 0 Å². The monoisotopic (exact) mass is 347 g/mol. The summed E-state index contributed by atoms with van der Waals surface area (Å²) in [5.74, 6) is -0.862. The van der Waals surface area contributed by atoms with Crippen LogP contribution >= 0.6 is 0 Å². The third-order valence-corrected chi connectivity index (χ3v) is 4.96. The molecule has 1 amide bonds. The Kier molecular flexibility index (Phi) is 4.31. The van der Waals surface area contributed by atoms with Gasteiger partial charge in [-0.3, -0.25) is 9.59 Å². The minimum Gasteiger partial charge on any atom is -0.333 e. The van der Waals surface area contributed by atoms with E-state index in [4.69, 9.17) is 0 Å². The minimum atomic E-state index is -0.445. The SMILES string of the molecule is CN1CCN(C(=O)C(=O)c2c(-c3ccccc3)cc3ccccn23)CC1. The van der Waals surface area contributed by atoms with E-state index in [0.29, 0.717) is 18.8 Å². The lowest BCUT2D eigenvalue weighted by molar-refractivity contribution is -0.127. The molecular formula is C21H21N3O2. The van der Waals surface area contributed by atoms with Gasteiger partial charge in [-0.1, -0.05) is 36.4 Å². The highest BCUT2D eigenvalue weighted by Crippen LogP contribution is 2.28. The van der Waals surface area contributed by atoms with Crippen molar-refractivity contribution in [3.8, 4) is 11.1 Å². The fraction of sp³-hybridized carbons (Fsp3) is 0.238. The molecule has 0 spiro atoms. The molecule has 2 aromatic heterocycles. The molecule has 26 heavy (non-hydrogen) atoms. The predicted molar refractivity (Wildman–Crippen MR) is 101 cm³/mol. The number of pyridine rings is 1. The van der Waals surface area contributed by atoms with Crippen molar-refractivity contribution in [3.63, 3.8) is 0 Å². The molecule has 1 aliphatic heterocycles. The number of amides is 1. The molecule has 0 N–H and O–H groups in total. The zero-order chi connectivity index (χ0) is 18.1. The summed E-state index contributed by atoms with van der Waals surface area (Å²) in [7, 11) is 2.03. The van der Waals surface area contributed by atoms with Crippen LogP contribution in [0.3, 0.4) is 0 Å². The molecule has 5 nitrogen and oxygen atoms in total. The smallest absolute Gasteiger partial charge is 0.296 e. The standard InChI is InChI=1S/C21H21N3O2/c1-22-11-13-23(14-12-22)21(26)20(25)19-18(16-7-3-2-4-8-16)15-17-9-5-6-10-24(17)19/h2-10,15H,11-14H2,1H3. The Hall–Kier alpha value is -2.92. The van der Waals surface area contributed by atoms with Crippen LogP contribution in [-0.2, 0) is 4.79 Å². The lowest BCUT2D eigenvalue weighted by atomic mass is 10.0. The second-order valence-corrected chi connectivity index (χ2v) is 6.69. The number of carbonyl (C=O) groups excluding carboxylic acids is 2. The van der Waals surface area contributed by atoms with Crippen molar-refractivity contribution in [2.45, 2.75) is 0 Å². The Morgan fingerprint density at radius 3 is 2.31 bits per heavy atom. The first kappa shape index (κ1) is 16.5. The molecule has 1 aromatic carbocycles. The van der Waals surface area contributed by atoms with E-state index >= 15 is 0 Å². The number of benzene rings is 1. The third kappa shape index (κ3) is 2.91. The molecule has 0 atom stereocenters. The first-order valence-electron chi connectivity index (χ1n) is 8.83. The minimum absolute atomic E-state index is 0.417. The average Bonchev–Trinajstić information content (AvgIpc) is 3.08. The van der Waals surface area contributed by atoms with Gasteiger partial charge in [0.05, 0.1) is 0 Å². The summed E-state index contributed by atoms with van der Waals surface area (Å²) in [5, 5.41) is 0. The molecule has 0 radical (unpaired) electrons. The van der Waals surface area contributed by atoms with Gasteiger partial charge in [0.15, 0.2) is 0 Å². The molecule has 1 aliphatic rings. The Labute approximate surface area is 152 Å². The lowest BCUT2D eigenvalue weighted by Crippen LogP contribution is -2.49. The van der Waals surface area contributed by atoms with Crippen LogP contribution in [0.2, 0.25) is 0 Å².